The molecule has 3 nitrogen and oxygen atoms in total. The minimum Gasteiger partial charge on any atom is -0.454 e. The number of nitrogens with zero attached hydrogens (tertiary/aromatic N) is 1. The van der Waals surface area contributed by atoms with Crippen LogP contribution in [0.1, 0.15) is 17.3 Å². The Bertz CT molecular complexity index is 654. The zero-order chi connectivity index (χ0) is 13.4. The molecule has 4 heteroatoms. The Morgan fingerprint density at radius 1 is 1.16 bits per heavy atom. The topological polar surface area (TPSA) is 29.5 Å². The zero-order valence-electron chi connectivity index (χ0n) is 10.4. The number of halogens is 1. The molecule has 0 N–H and O–H groups in total. The second kappa shape index (κ2) is 4.59. The SMILES string of the molecule is CCN1C(=O)c2ccccc2Oc2cc(Cl)ccc21. The Morgan fingerprint density at radius 3 is 2.74 bits per heavy atom. The third kappa shape index (κ3) is 1.96. The normalized spacial score (nSPS) is 13.4. The number of fused-ring (bicyclic) bond motifs is 2. The molecule has 1 heterocycles. The van der Waals surface area contributed by atoms with E-state index in [1.807, 2.05) is 25.1 Å². The maximum absolute atomic E-state index is 12.5. The van der Waals surface area contributed by atoms with Gasteiger partial charge >= 0.3 is 0 Å². The average molecular weight is 274 g/mol. The molecule has 0 atom stereocenters. The molecule has 0 aromatic heterocycles. The van der Waals surface area contributed by atoms with Crippen molar-refractivity contribution in [3.8, 4) is 11.5 Å². The van der Waals surface area contributed by atoms with Crippen LogP contribution in [0.2, 0.25) is 5.02 Å². The summed E-state index contributed by atoms with van der Waals surface area (Å²) in [5, 5.41) is 0.585. The molecule has 0 fully saturated rings. The summed E-state index contributed by atoms with van der Waals surface area (Å²) in [4.78, 5) is 14.2. The first-order chi connectivity index (χ1) is 9.20. The molecule has 3 rings (SSSR count). The van der Waals surface area contributed by atoms with E-state index in [4.69, 9.17) is 16.3 Å². The van der Waals surface area contributed by atoms with Crippen molar-refractivity contribution >= 4 is 23.2 Å². The predicted octanol–water partition coefficient (Wildman–Crippen LogP) is 4.11. The number of ether oxygens (including phenoxy) is 1. The lowest BCUT2D eigenvalue weighted by atomic mass is 10.1. The van der Waals surface area contributed by atoms with Gasteiger partial charge in [-0.25, -0.2) is 0 Å². The van der Waals surface area contributed by atoms with Crippen molar-refractivity contribution in [2.45, 2.75) is 6.92 Å². The molecule has 2 aromatic carbocycles. The first-order valence-corrected chi connectivity index (χ1v) is 6.47. The van der Waals surface area contributed by atoms with E-state index in [1.165, 1.54) is 0 Å². The van der Waals surface area contributed by atoms with E-state index in [0.717, 1.165) is 5.69 Å². The number of benzene rings is 2. The van der Waals surface area contributed by atoms with Crippen LogP contribution in [-0.4, -0.2) is 12.5 Å². The van der Waals surface area contributed by atoms with Gasteiger partial charge in [-0.1, -0.05) is 23.7 Å². The Labute approximate surface area is 116 Å². The van der Waals surface area contributed by atoms with E-state index in [1.54, 1.807) is 29.2 Å². The van der Waals surface area contributed by atoms with Crippen molar-refractivity contribution in [3.63, 3.8) is 0 Å². The summed E-state index contributed by atoms with van der Waals surface area (Å²) in [5.74, 6) is 1.11. The number of amides is 1. The molecule has 0 saturated carbocycles. The number of hydrogen-bond donors (Lipinski definition) is 0. The summed E-state index contributed by atoms with van der Waals surface area (Å²) < 4.78 is 5.84. The van der Waals surface area contributed by atoms with E-state index in [2.05, 4.69) is 0 Å². The van der Waals surface area contributed by atoms with Gasteiger partial charge in [0.15, 0.2) is 5.75 Å². The lowest BCUT2D eigenvalue weighted by Crippen LogP contribution is -2.29. The fraction of sp³-hybridized carbons (Fsp3) is 0.133. The van der Waals surface area contributed by atoms with Gasteiger partial charge in [-0.05, 0) is 31.2 Å². The highest BCUT2D eigenvalue weighted by Crippen LogP contribution is 2.39. The Hall–Kier alpha value is -2.00. The van der Waals surface area contributed by atoms with Crippen molar-refractivity contribution in [2.75, 3.05) is 11.4 Å². The van der Waals surface area contributed by atoms with Gasteiger partial charge in [0.25, 0.3) is 5.91 Å². The van der Waals surface area contributed by atoms with Gasteiger partial charge in [-0.15, -0.1) is 0 Å². The molecule has 0 bridgehead atoms. The van der Waals surface area contributed by atoms with Gasteiger partial charge in [-0.2, -0.15) is 0 Å². The molecule has 19 heavy (non-hydrogen) atoms. The molecule has 0 saturated heterocycles. The van der Waals surface area contributed by atoms with Crippen LogP contribution in [0.5, 0.6) is 11.5 Å². The molecular formula is C15H12ClNO2. The molecule has 0 unspecified atom stereocenters. The quantitative estimate of drug-likeness (QED) is 0.782. The number of carbonyl (C=O) groups is 1. The number of para-hydroxylation sites is 1. The maximum Gasteiger partial charge on any atom is 0.262 e. The minimum atomic E-state index is -0.0563. The van der Waals surface area contributed by atoms with E-state index in [0.29, 0.717) is 28.6 Å². The van der Waals surface area contributed by atoms with Crippen molar-refractivity contribution < 1.29 is 9.53 Å². The molecule has 1 aliphatic rings. The van der Waals surface area contributed by atoms with E-state index in [-0.39, 0.29) is 5.91 Å². The van der Waals surface area contributed by atoms with Crippen LogP contribution in [0, 0.1) is 0 Å². The fourth-order valence-corrected chi connectivity index (χ4v) is 2.37. The van der Waals surface area contributed by atoms with Gasteiger partial charge in [-0.3, -0.25) is 4.79 Å². The summed E-state index contributed by atoms with van der Waals surface area (Å²) in [6.07, 6.45) is 0. The standard InChI is InChI=1S/C15H12ClNO2/c1-2-17-12-8-7-10(16)9-14(12)19-13-6-4-3-5-11(13)15(17)18/h3-9H,2H2,1H3. The van der Waals surface area contributed by atoms with Crippen LogP contribution >= 0.6 is 11.6 Å². The lowest BCUT2D eigenvalue weighted by Gasteiger charge is -2.20. The van der Waals surface area contributed by atoms with Gasteiger partial charge in [0.2, 0.25) is 0 Å². The third-order valence-electron chi connectivity index (χ3n) is 3.11. The highest BCUT2D eigenvalue weighted by molar-refractivity contribution is 6.31. The Balaban J connectivity index is 2.24. The third-order valence-corrected chi connectivity index (χ3v) is 3.35. The van der Waals surface area contributed by atoms with Crippen LogP contribution in [0.15, 0.2) is 42.5 Å². The van der Waals surface area contributed by atoms with Crippen LogP contribution < -0.4 is 9.64 Å². The van der Waals surface area contributed by atoms with E-state index in [9.17, 15) is 4.79 Å². The van der Waals surface area contributed by atoms with Gasteiger partial charge in [0.05, 0.1) is 11.3 Å². The summed E-state index contributed by atoms with van der Waals surface area (Å²) in [5.41, 5.74) is 1.31. The van der Waals surface area contributed by atoms with E-state index < -0.39 is 0 Å². The molecule has 2 aromatic rings. The molecule has 1 amide bonds. The highest BCUT2D eigenvalue weighted by atomic mass is 35.5. The summed E-state index contributed by atoms with van der Waals surface area (Å²) in [7, 11) is 0. The first-order valence-electron chi connectivity index (χ1n) is 6.09. The second-order valence-electron chi connectivity index (χ2n) is 4.26. The molecular weight excluding hydrogens is 262 g/mol. The minimum absolute atomic E-state index is 0.0563. The summed E-state index contributed by atoms with van der Waals surface area (Å²) in [6, 6.07) is 12.5. The number of hydrogen-bond acceptors (Lipinski definition) is 2. The van der Waals surface area contributed by atoms with E-state index >= 15 is 0 Å². The van der Waals surface area contributed by atoms with Crippen molar-refractivity contribution in [1.82, 2.24) is 0 Å². The molecule has 0 aliphatic carbocycles. The molecule has 0 spiro atoms. The summed E-state index contributed by atoms with van der Waals surface area (Å²) >= 11 is 6.00. The second-order valence-corrected chi connectivity index (χ2v) is 4.70. The zero-order valence-corrected chi connectivity index (χ0v) is 11.1. The van der Waals surface area contributed by atoms with Crippen LogP contribution in [0.3, 0.4) is 0 Å². The van der Waals surface area contributed by atoms with Crippen LogP contribution in [-0.2, 0) is 0 Å². The highest BCUT2D eigenvalue weighted by Gasteiger charge is 2.26. The van der Waals surface area contributed by atoms with Gasteiger partial charge in [0, 0.05) is 17.6 Å². The predicted molar refractivity (Wildman–Crippen MR) is 75.3 cm³/mol. The fourth-order valence-electron chi connectivity index (χ4n) is 2.21. The van der Waals surface area contributed by atoms with Crippen LogP contribution in [0.4, 0.5) is 5.69 Å². The number of carbonyl (C=O) groups excluding carboxylic acids is 1. The van der Waals surface area contributed by atoms with Crippen molar-refractivity contribution in [3.05, 3.63) is 53.1 Å². The molecule has 1 aliphatic heterocycles. The van der Waals surface area contributed by atoms with Gasteiger partial charge < -0.3 is 9.64 Å². The van der Waals surface area contributed by atoms with Crippen LogP contribution in [0.25, 0.3) is 0 Å². The Kier molecular flexibility index (Phi) is 2.91. The number of anilines is 1. The number of rotatable bonds is 1. The Morgan fingerprint density at radius 2 is 1.95 bits per heavy atom. The maximum atomic E-state index is 12.5. The lowest BCUT2D eigenvalue weighted by molar-refractivity contribution is 0.0988. The van der Waals surface area contributed by atoms with Crippen molar-refractivity contribution in [2.24, 2.45) is 0 Å². The first kappa shape index (κ1) is 12.1. The van der Waals surface area contributed by atoms with Crippen molar-refractivity contribution in [1.29, 1.82) is 0 Å². The summed E-state index contributed by atoms with van der Waals surface area (Å²) in [6.45, 7) is 2.51. The molecule has 96 valence electrons. The smallest absolute Gasteiger partial charge is 0.262 e. The molecule has 0 radical (unpaired) electrons. The monoisotopic (exact) mass is 273 g/mol. The van der Waals surface area contributed by atoms with Gasteiger partial charge in [0.1, 0.15) is 5.75 Å². The largest absolute Gasteiger partial charge is 0.454 e. The average Bonchev–Trinajstić information content (AvgIpc) is 2.53.